The number of hydrogen-bond acceptors (Lipinski definition) is 10. The number of ether oxygens (including phenoxy) is 1. The smallest absolute Gasteiger partial charge is 0.433 e. The molecule has 302 valence electrons. The first kappa shape index (κ1) is 39.7. The highest BCUT2D eigenvalue weighted by molar-refractivity contribution is 6.04. The highest BCUT2D eigenvalue weighted by atomic mass is 19.4. The van der Waals surface area contributed by atoms with Crippen LogP contribution in [-0.4, -0.2) is 111 Å². The number of piperazine rings is 1. The second kappa shape index (κ2) is 16.9. The Morgan fingerprint density at radius 2 is 1.67 bits per heavy atom. The van der Waals surface area contributed by atoms with E-state index in [0.717, 1.165) is 74.6 Å². The van der Waals surface area contributed by atoms with Crippen LogP contribution in [0.3, 0.4) is 0 Å². The molecule has 0 saturated carbocycles. The van der Waals surface area contributed by atoms with Crippen molar-refractivity contribution in [1.82, 2.24) is 34.4 Å². The van der Waals surface area contributed by atoms with Crippen LogP contribution >= 0.6 is 0 Å². The normalized spacial score (nSPS) is 18.8. The van der Waals surface area contributed by atoms with E-state index in [1.807, 2.05) is 49.2 Å². The molecule has 3 fully saturated rings. The molecule has 4 aromatic rings. The van der Waals surface area contributed by atoms with Gasteiger partial charge in [0, 0.05) is 69.2 Å². The summed E-state index contributed by atoms with van der Waals surface area (Å²) in [4.78, 5) is 64.6. The third-order valence-corrected chi connectivity index (χ3v) is 10.5. The Morgan fingerprint density at radius 1 is 0.930 bits per heavy atom. The summed E-state index contributed by atoms with van der Waals surface area (Å²) in [6, 6.07) is 12.4. The Kier molecular flexibility index (Phi) is 11.8. The van der Waals surface area contributed by atoms with Crippen molar-refractivity contribution in [2.45, 2.75) is 70.3 Å². The van der Waals surface area contributed by atoms with Gasteiger partial charge in [-0.15, -0.1) is 0 Å². The average molecular weight is 790 g/mol. The Labute approximate surface area is 327 Å². The number of halogens is 3. The highest BCUT2D eigenvalue weighted by Gasteiger charge is 2.33. The SMILES string of the molecule is CC(C)Oc1cc2nc(C3CCN(CC(=O)N4CCN(Cc5ccc(NC6CCC(=O)NC6=O)cc5)CC4)CC3)cn2cc1NC(=O)c1cccc(C(F)(F)F)n1. The number of pyridine rings is 2. The topological polar surface area (TPSA) is 154 Å². The lowest BCUT2D eigenvalue weighted by Gasteiger charge is -2.37. The molecule has 57 heavy (non-hydrogen) atoms. The standard InChI is InChI=1S/C40H46F3N9O5/c1-25(2)57-33-20-35-46-31(22-52(35)23-32(33)47-38(55)29-4-3-5-34(45-29)40(41,42)43)27-12-14-49(15-13-27)24-37(54)51-18-16-50(17-19-51)21-26-6-8-28(9-7-26)44-30-10-11-36(53)48-39(30)56/h3-9,20,22-23,25,27,30,44H,10-19,21,24H2,1-2H3,(H,47,55)(H,48,53,56). The lowest BCUT2D eigenvalue weighted by Crippen LogP contribution is -2.51. The minimum atomic E-state index is -4.68. The molecule has 3 aromatic heterocycles. The number of nitrogens with zero attached hydrogens (tertiary/aromatic N) is 6. The summed E-state index contributed by atoms with van der Waals surface area (Å²) < 4.78 is 47.4. The molecule has 3 N–H and O–H groups in total. The number of amides is 4. The number of carbonyl (C=O) groups excluding carboxylic acids is 4. The molecule has 0 spiro atoms. The fraction of sp³-hybridized carbons (Fsp3) is 0.450. The van der Waals surface area contributed by atoms with Gasteiger partial charge in [-0.25, -0.2) is 9.97 Å². The van der Waals surface area contributed by atoms with E-state index in [0.29, 0.717) is 43.9 Å². The van der Waals surface area contributed by atoms with E-state index in [1.165, 1.54) is 6.07 Å². The van der Waals surface area contributed by atoms with Crippen molar-refractivity contribution < 1.29 is 37.1 Å². The van der Waals surface area contributed by atoms with E-state index in [4.69, 9.17) is 9.72 Å². The molecule has 3 aliphatic rings. The molecule has 1 unspecified atom stereocenters. The number of hydrogen-bond donors (Lipinski definition) is 3. The van der Waals surface area contributed by atoms with Crippen molar-refractivity contribution in [1.29, 1.82) is 0 Å². The first-order chi connectivity index (χ1) is 27.3. The van der Waals surface area contributed by atoms with E-state index in [2.05, 4.69) is 30.7 Å². The van der Waals surface area contributed by atoms with Crippen LogP contribution < -0.4 is 20.7 Å². The first-order valence-corrected chi connectivity index (χ1v) is 19.2. The van der Waals surface area contributed by atoms with Crippen molar-refractivity contribution in [3.63, 3.8) is 0 Å². The zero-order chi connectivity index (χ0) is 40.3. The molecule has 0 bridgehead atoms. The van der Waals surface area contributed by atoms with Crippen molar-refractivity contribution >= 4 is 40.7 Å². The van der Waals surface area contributed by atoms with Gasteiger partial charge in [0.15, 0.2) is 0 Å². The molecule has 6 heterocycles. The maximum absolute atomic E-state index is 13.3. The maximum Gasteiger partial charge on any atom is 0.433 e. The number of carbonyl (C=O) groups is 4. The number of rotatable bonds is 11. The number of imidazole rings is 1. The largest absolute Gasteiger partial charge is 0.489 e. The number of aromatic nitrogens is 3. The summed E-state index contributed by atoms with van der Waals surface area (Å²) in [6.45, 7) is 9.13. The van der Waals surface area contributed by atoms with Gasteiger partial charge in [0.25, 0.3) is 5.91 Å². The summed E-state index contributed by atoms with van der Waals surface area (Å²) in [5.74, 6) is -0.729. The van der Waals surface area contributed by atoms with Crippen molar-refractivity contribution in [3.8, 4) is 5.75 Å². The molecule has 3 saturated heterocycles. The highest BCUT2D eigenvalue weighted by Crippen LogP contribution is 2.33. The zero-order valence-corrected chi connectivity index (χ0v) is 31.8. The van der Waals surface area contributed by atoms with Gasteiger partial charge in [0.1, 0.15) is 34.5 Å². The minimum absolute atomic E-state index is 0.122. The molecular formula is C40H46F3N9O5. The second-order valence-electron chi connectivity index (χ2n) is 15.1. The van der Waals surface area contributed by atoms with Crippen LogP contribution in [0.2, 0.25) is 0 Å². The Hall–Kier alpha value is -5.55. The molecule has 4 amide bonds. The molecule has 3 aliphatic heterocycles. The van der Waals surface area contributed by atoms with E-state index in [9.17, 15) is 32.3 Å². The van der Waals surface area contributed by atoms with Crippen molar-refractivity contribution in [3.05, 3.63) is 83.6 Å². The van der Waals surface area contributed by atoms with Gasteiger partial charge in [-0.05, 0) is 76.0 Å². The van der Waals surface area contributed by atoms with Gasteiger partial charge in [0.05, 0.1) is 18.3 Å². The number of fused-ring (bicyclic) bond motifs is 1. The lowest BCUT2D eigenvalue weighted by atomic mass is 9.94. The molecule has 1 aromatic carbocycles. The number of nitrogens with one attached hydrogen (secondary N) is 3. The van der Waals surface area contributed by atoms with Crippen molar-refractivity contribution in [2.24, 2.45) is 0 Å². The summed E-state index contributed by atoms with van der Waals surface area (Å²) in [5.41, 5.74) is 2.18. The van der Waals surface area contributed by atoms with Gasteiger partial charge < -0.3 is 24.7 Å². The van der Waals surface area contributed by atoms with Crippen LogP contribution in [0, 0.1) is 0 Å². The van der Waals surface area contributed by atoms with Crippen LogP contribution in [0.15, 0.2) is 60.9 Å². The molecule has 1 atom stereocenters. The van der Waals surface area contributed by atoms with E-state index >= 15 is 0 Å². The Bertz CT molecular complexity index is 2110. The number of likely N-dealkylation sites (tertiary alicyclic amines) is 1. The number of alkyl halides is 3. The monoisotopic (exact) mass is 789 g/mol. The zero-order valence-electron chi connectivity index (χ0n) is 31.8. The van der Waals surface area contributed by atoms with Crippen LogP contribution in [0.25, 0.3) is 5.65 Å². The Morgan fingerprint density at radius 3 is 2.35 bits per heavy atom. The van der Waals surface area contributed by atoms with E-state index < -0.39 is 23.8 Å². The number of benzene rings is 1. The van der Waals surface area contributed by atoms with E-state index in [-0.39, 0.29) is 41.1 Å². The predicted molar refractivity (Wildman–Crippen MR) is 205 cm³/mol. The summed E-state index contributed by atoms with van der Waals surface area (Å²) in [6.07, 6.45) is 1.02. The number of imide groups is 1. The summed E-state index contributed by atoms with van der Waals surface area (Å²) in [7, 11) is 0. The first-order valence-electron chi connectivity index (χ1n) is 19.2. The summed E-state index contributed by atoms with van der Waals surface area (Å²) >= 11 is 0. The van der Waals surface area contributed by atoms with Gasteiger partial charge in [-0.2, -0.15) is 13.2 Å². The van der Waals surface area contributed by atoms with Crippen molar-refractivity contribution in [2.75, 3.05) is 56.4 Å². The molecule has 7 rings (SSSR count). The third-order valence-electron chi connectivity index (χ3n) is 10.5. The van der Waals surface area contributed by atoms with E-state index in [1.54, 1.807) is 16.7 Å². The second-order valence-corrected chi connectivity index (χ2v) is 15.1. The van der Waals surface area contributed by atoms with Gasteiger partial charge in [-0.1, -0.05) is 18.2 Å². The quantitative estimate of drug-likeness (QED) is 0.185. The van der Waals surface area contributed by atoms with Crippen LogP contribution in [0.4, 0.5) is 24.5 Å². The van der Waals surface area contributed by atoms with Crippen LogP contribution in [0.1, 0.15) is 72.9 Å². The Balaban J connectivity index is 0.885. The minimum Gasteiger partial charge on any atom is -0.489 e. The average Bonchev–Trinajstić information content (AvgIpc) is 3.59. The predicted octanol–water partition coefficient (Wildman–Crippen LogP) is 4.53. The lowest BCUT2D eigenvalue weighted by molar-refractivity contribution is -0.141. The van der Waals surface area contributed by atoms with Crippen LogP contribution in [-0.2, 0) is 27.1 Å². The van der Waals surface area contributed by atoms with Gasteiger partial charge in [-0.3, -0.25) is 34.3 Å². The maximum atomic E-state index is 13.3. The number of anilines is 2. The summed E-state index contributed by atoms with van der Waals surface area (Å²) in [5, 5.41) is 8.23. The molecule has 0 radical (unpaired) electrons. The van der Waals surface area contributed by atoms with Gasteiger partial charge >= 0.3 is 6.18 Å². The van der Waals surface area contributed by atoms with Crippen LogP contribution in [0.5, 0.6) is 5.75 Å². The fourth-order valence-corrected chi connectivity index (χ4v) is 7.41. The molecule has 14 nitrogen and oxygen atoms in total. The third kappa shape index (κ3) is 9.89. The molecule has 0 aliphatic carbocycles. The molecular weight excluding hydrogens is 743 g/mol. The number of piperidine rings is 2. The molecule has 17 heteroatoms. The fourth-order valence-electron chi connectivity index (χ4n) is 7.41. The van der Waals surface area contributed by atoms with Gasteiger partial charge in [0.2, 0.25) is 17.7 Å².